The summed E-state index contributed by atoms with van der Waals surface area (Å²) in [7, 11) is 0. The number of aromatic carboxylic acids is 1. The topological polar surface area (TPSA) is 54.3 Å². The standard InChI is InChI=1S/C27H28N2O2S/c1-18-4-7-21(8-5-18)17-29-25-14-19(2)6-13-23(25)24(26(29)27(30)31)16-28-15-20-9-11-22(32-3)12-10-20/h4-14,28H,15-17H2,1-3H3,(H,30,31). The van der Waals surface area contributed by atoms with Gasteiger partial charge in [-0.3, -0.25) is 0 Å². The van der Waals surface area contributed by atoms with Crippen LogP contribution in [0.25, 0.3) is 10.9 Å². The molecule has 0 aliphatic heterocycles. The lowest BCUT2D eigenvalue weighted by molar-refractivity contribution is 0.0684. The molecule has 0 atom stereocenters. The molecule has 2 N–H and O–H groups in total. The fraction of sp³-hybridized carbons (Fsp3) is 0.222. The van der Waals surface area contributed by atoms with E-state index in [0.717, 1.165) is 27.6 Å². The Labute approximate surface area is 193 Å². The quantitative estimate of drug-likeness (QED) is 0.327. The Morgan fingerprint density at radius 3 is 2.22 bits per heavy atom. The van der Waals surface area contributed by atoms with Crippen LogP contribution >= 0.6 is 11.8 Å². The van der Waals surface area contributed by atoms with E-state index in [-0.39, 0.29) is 0 Å². The Hall–Kier alpha value is -3.02. The molecule has 0 radical (unpaired) electrons. The van der Waals surface area contributed by atoms with Gasteiger partial charge in [0, 0.05) is 41.0 Å². The molecule has 0 amide bonds. The number of nitrogens with one attached hydrogen (secondary N) is 1. The SMILES string of the molecule is CSc1ccc(CNCc2c(C(=O)O)n(Cc3ccc(C)cc3)c3cc(C)ccc23)cc1. The minimum absolute atomic E-state index is 0.358. The van der Waals surface area contributed by atoms with Crippen molar-refractivity contribution in [1.29, 1.82) is 0 Å². The highest BCUT2D eigenvalue weighted by Crippen LogP contribution is 2.29. The third kappa shape index (κ3) is 4.74. The van der Waals surface area contributed by atoms with E-state index in [9.17, 15) is 9.90 Å². The highest BCUT2D eigenvalue weighted by atomic mass is 32.2. The lowest BCUT2D eigenvalue weighted by Crippen LogP contribution is -2.17. The number of carbonyl (C=O) groups is 1. The van der Waals surface area contributed by atoms with Crippen molar-refractivity contribution in [2.24, 2.45) is 0 Å². The van der Waals surface area contributed by atoms with Crippen LogP contribution in [0.2, 0.25) is 0 Å². The highest BCUT2D eigenvalue weighted by molar-refractivity contribution is 7.98. The molecule has 0 bridgehead atoms. The van der Waals surface area contributed by atoms with E-state index >= 15 is 0 Å². The number of fused-ring (bicyclic) bond motifs is 1. The van der Waals surface area contributed by atoms with E-state index in [1.54, 1.807) is 11.8 Å². The first-order valence-corrected chi connectivity index (χ1v) is 11.9. The predicted octanol–water partition coefficient (Wildman–Crippen LogP) is 6.02. The average molecular weight is 445 g/mol. The van der Waals surface area contributed by atoms with Crippen molar-refractivity contribution in [3.05, 3.63) is 100 Å². The van der Waals surface area contributed by atoms with Crippen LogP contribution in [-0.2, 0) is 19.6 Å². The molecule has 4 nitrogen and oxygen atoms in total. The number of carboxylic acids is 1. The summed E-state index contributed by atoms with van der Waals surface area (Å²) < 4.78 is 1.94. The van der Waals surface area contributed by atoms with Crippen molar-refractivity contribution in [2.45, 2.75) is 38.4 Å². The lowest BCUT2D eigenvalue weighted by Gasteiger charge is -2.11. The van der Waals surface area contributed by atoms with Crippen LogP contribution in [0.5, 0.6) is 0 Å². The molecule has 3 aromatic carbocycles. The normalized spacial score (nSPS) is 11.2. The molecule has 1 aromatic heterocycles. The monoisotopic (exact) mass is 444 g/mol. The third-order valence-electron chi connectivity index (χ3n) is 5.78. The van der Waals surface area contributed by atoms with Crippen molar-refractivity contribution in [1.82, 2.24) is 9.88 Å². The molecular weight excluding hydrogens is 416 g/mol. The van der Waals surface area contributed by atoms with Gasteiger partial charge in [-0.15, -0.1) is 11.8 Å². The molecular formula is C27H28N2O2S. The van der Waals surface area contributed by atoms with Crippen molar-refractivity contribution in [3.63, 3.8) is 0 Å². The zero-order valence-electron chi connectivity index (χ0n) is 18.7. The number of nitrogens with zero attached hydrogens (tertiary/aromatic N) is 1. The molecule has 0 aliphatic carbocycles. The Bertz CT molecular complexity index is 1240. The highest BCUT2D eigenvalue weighted by Gasteiger charge is 2.22. The number of thioether (sulfide) groups is 1. The number of carboxylic acid groups (broad SMARTS) is 1. The van der Waals surface area contributed by atoms with Crippen molar-refractivity contribution in [2.75, 3.05) is 6.26 Å². The van der Waals surface area contributed by atoms with Crippen LogP contribution in [0, 0.1) is 13.8 Å². The average Bonchev–Trinajstić information content (AvgIpc) is 3.08. The van der Waals surface area contributed by atoms with Gasteiger partial charge in [0.25, 0.3) is 0 Å². The summed E-state index contributed by atoms with van der Waals surface area (Å²) in [4.78, 5) is 13.6. The summed E-state index contributed by atoms with van der Waals surface area (Å²) in [6, 6.07) is 22.9. The summed E-state index contributed by atoms with van der Waals surface area (Å²) in [5.41, 5.74) is 6.73. The Balaban J connectivity index is 1.68. The van der Waals surface area contributed by atoms with Gasteiger partial charge in [0.1, 0.15) is 5.69 Å². The Kier molecular flexibility index (Phi) is 6.68. The van der Waals surface area contributed by atoms with Crippen LogP contribution < -0.4 is 5.32 Å². The third-order valence-corrected chi connectivity index (χ3v) is 6.52. The second-order valence-electron chi connectivity index (χ2n) is 8.18. The van der Waals surface area contributed by atoms with Crippen molar-refractivity contribution >= 4 is 28.6 Å². The molecule has 4 aromatic rings. The van der Waals surface area contributed by atoms with Crippen LogP contribution in [-0.4, -0.2) is 21.9 Å². The summed E-state index contributed by atoms with van der Waals surface area (Å²) in [6.45, 7) is 5.80. The molecule has 164 valence electrons. The number of rotatable bonds is 8. The first-order valence-electron chi connectivity index (χ1n) is 10.7. The van der Waals surface area contributed by atoms with Crippen LogP contribution in [0.1, 0.15) is 38.3 Å². The zero-order valence-corrected chi connectivity index (χ0v) is 19.5. The minimum atomic E-state index is -0.896. The maximum absolute atomic E-state index is 12.4. The number of aromatic nitrogens is 1. The van der Waals surface area contributed by atoms with Crippen molar-refractivity contribution < 1.29 is 9.90 Å². The van der Waals surface area contributed by atoms with Crippen molar-refractivity contribution in [3.8, 4) is 0 Å². The predicted molar refractivity (Wildman–Crippen MR) is 133 cm³/mol. The molecule has 0 fully saturated rings. The van der Waals surface area contributed by atoms with Gasteiger partial charge in [0.05, 0.1) is 0 Å². The molecule has 5 heteroatoms. The number of benzene rings is 3. The van der Waals surface area contributed by atoms with E-state index in [4.69, 9.17) is 0 Å². The smallest absolute Gasteiger partial charge is 0.352 e. The number of aryl methyl sites for hydroxylation is 2. The number of hydrogen-bond acceptors (Lipinski definition) is 3. The van der Waals surface area contributed by atoms with Gasteiger partial charge in [-0.1, -0.05) is 54.1 Å². The number of hydrogen-bond donors (Lipinski definition) is 2. The second-order valence-corrected chi connectivity index (χ2v) is 9.06. The second kappa shape index (κ2) is 9.63. The van der Waals surface area contributed by atoms with Gasteiger partial charge in [-0.25, -0.2) is 4.79 Å². The van der Waals surface area contributed by atoms with E-state index in [2.05, 4.69) is 79.2 Å². The van der Waals surface area contributed by atoms with Gasteiger partial charge in [-0.2, -0.15) is 0 Å². The first kappa shape index (κ1) is 22.2. The molecule has 1 heterocycles. The molecule has 0 spiro atoms. The fourth-order valence-electron chi connectivity index (χ4n) is 4.07. The van der Waals surface area contributed by atoms with Gasteiger partial charge in [0.15, 0.2) is 0 Å². The van der Waals surface area contributed by atoms with Crippen LogP contribution in [0.4, 0.5) is 0 Å². The van der Waals surface area contributed by atoms with Gasteiger partial charge < -0.3 is 15.0 Å². The lowest BCUT2D eigenvalue weighted by atomic mass is 10.1. The summed E-state index contributed by atoms with van der Waals surface area (Å²) >= 11 is 1.72. The largest absolute Gasteiger partial charge is 0.477 e. The van der Waals surface area contributed by atoms with E-state index < -0.39 is 5.97 Å². The summed E-state index contributed by atoms with van der Waals surface area (Å²) in [5.74, 6) is -0.896. The maximum Gasteiger partial charge on any atom is 0.352 e. The van der Waals surface area contributed by atoms with E-state index in [0.29, 0.717) is 25.3 Å². The minimum Gasteiger partial charge on any atom is -0.477 e. The van der Waals surface area contributed by atoms with E-state index in [1.807, 2.05) is 17.6 Å². The fourth-order valence-corrected chi connectivity index (χ4v) is 4.48. The molecule has 32 heavy (non-hydrogen) atoms. The summed E-state index contributed by atoms with van der Waals surface area (Å²) in [5, 5.41) is 14.6. The molecule has 0 saturated carbocycles. The maximum atomic E-state index is 12.4. The zero-order chi connectivity index (χ0) is 22.7. The summed E-state index contributed by atoms with van der Waals surface area (Å²) in [6.07, 6.45) is 2.06. The van der Waals surface area contributed by atoms with Crippen LogP contribution in [0.15, 0.2) is 71.6 Å². The Morgan fingerprint density at radius 1 is 0.906 bits per heavy atom. The first-order chi connectivity index (χ1) is 15.5. The molecule has 0 aliphatic rings. The van der Waals surface area contributed by atoms with Gasteiger partial charge >= 0.3 is 5.97 Å². The van der Waals surface area contributed by atoms with Gasteiger partial charge in [-0.05, 0) is 55.0 Å². The molecule has 0 saturated heterocycles. The molecule has 0 unspecified atom stereocenters. The van der Waals surface area contributed by atoms with Gasteiger partial charge in [0.2, 0.25) is 0 Å². The van der Waals surface area contributed by atoms with E-state index in [1.165, 1.54) is 16.0 Å². The Morgan fingerprint density at radius 2 is 1.56 bits per heavy atom. The van der Waals surface area contributed by atoms with Crippen LogP contribution in [0.3, 0.4) is 0 Å². The molecule has 4 rings (SSSR count).